The summed E-state index contributed by atoms with van der Waals surface area (Å²) in [6.07, 6.45) is 9.85. The number of ketones is 2. The van der Waals surface area contributed by atoms with Gasteiger partial charge in [-0.15, -0.1) is 0 Å². The van der Waals surface area contributed by atoms with Crippen molar-refractivity contribution in [2.45, 2.75) is 145 Å². The lowest BCUT2D eigenvalue weighted by molar-refractivity contribution is -0.223. The number of hydrogen-bond acceptors (Lipinski definition) is 5. The highest BCUT2D eigenvalue weighted by molar-refractivity contribution is 6.00. The van der Waals surface area contributed by atoms with E-state index in [4.69, 9.17) is 0 Å². The van der Waals surface area contributed by atoms with Crippen LogP contribution in [0.25, 0.3) is 0 Å². The monoisotopic (exact) mass is 716 g/mol. The van der Waals surface area contributed by atoms with E-state index < -0.39 is 22.9 Å². The highest BCUT2D eigenvalue weighted by atomic mass is 16.4. The van der Waals surface area contributed by atoms with Gasteiger partial charge in [0.2, 0.25) is 0 Å². The second kappa shape index (κ2) is 13.8. The van der Waals surface area contributed by atoms with Gasteiger partial charge in [0.1, 0.15) is 5.78 Å². The maximum absolute atomic E-state index is 14.0. The number of carboxylic acid groups (broad SMARTS) is 1. The number of aliphatic hydroxyl groups is 1. The van der Waals surface area contributed by atoms with Crippen LogP contribution in [0.5, 0.6) is 0 Å². The Bertz CT molecular complexity index is 1580. The van der Waals surface area contributed by atoms with E-state index in [0.717, 1.165) is 69.9 Å². The van der Waals surface area contributed by atoms with Gasteiger partial charge in [-0.1, -0.05) is 84.4 Å². The summed E-state index contributed by atoms with van der Waals surface area (Å²) < 4.78 is 0. The number of rotatable bonds is 12. The summed E-state index contributed by atoms with van der Waals surface area (Å²) >= 11 is 0. The van der Waals surface area contributed by atoms with Crippen molar-refractivity contribution in [2.75, 3.05) is 13.1 Å². The predicted octanol–water partition coefficient (Wildman–Crippen LogP) is 9.24. The van der Waals surface area contributed by atoms with Crippen LogP contribution in [0.15, 0.2) is 41.5 Å². The van der Waals surface area contributed by atoms with E-state index in [2.05, 4.69) is 78.0 Å². The minimum Gasteiger partial charge on any atom is -0.481 e. The number of Topliss-reactive ketones (excluding diaryl/α,β-unsaturated/α-hetero) is 2. The second-order valence-corrected chi connectivity index (χ2v) is 20.5. The normalized spacial score (nSPS) is 37.6. The molecular formula is C46H69NO5. The number of benzene rings is 1. The number of aliphatic hydroxyl groups excluding tert-OH is 1. The van der Waals surface area contributed by atoms with Crippen LogP contribution in [0.3, 0.4) is 0 Å². The van der Waals surface area contributed by atoms with E-state index in [0.29, 0.717) is 37.1 Å². The van der Waals surface area contributed by atoms with Crippen LogP contribution >= 0.6 is 0 Å². The highest BCUT2D eigenvalue weighted by Gasteiger charge is 2.70. The molecule has 0 heterocycles. The summed E-state index contributed by atoms with van der Waals surface area (Å²) in [5, 5.41) is 25.4. The number of aliphatic carboxylic acids is 1. The molecule has 9 atom stereocenters. The highest BCUT2D eigenvalue weighted by Crippen LogP contribution is 2.77. The number of carboxylic acids is 1. The third-order valence-corrected chi connectivity index (χ3v) is 16.8. The lowest BCUT2D eigenvalue weighted by Gasteiger charge is -2.72. The lowest BCUT2D eigenvalue weighted by Crippen LogP contribution is -2.65. The first-order chi connectivity index (χ1) is 24.2. The third-order valence-electron chi connectivity index (χ3n) is 16.8. The smallest absolute Gasteiger partial charge is 0.309 e. The fourth-order valence-corrected chi connectivity index (χ4v) is 13.8. The topological polar surface area (TPSA) is 104 Å². The van der Waals surface area contributed by atoms with Gasteiger partial charge >= 0.3 is 5.97 Å². The van der Waals surface area contributed by atoms with Gasteiger partial charge in [0.05, 0.1) is 11.5 Å². The molecule has 5 aliphatic rings. The first-order valence-electron chi connectivity index (χ1n) is 20.7. The first-order valence-corrected chi connectivity index (χ1v) is 20.7. The molecule has 0 bridgehead atoms. The van der Waals surface area contributed by atoms with Crippen LogP contribution in [-0.2, 0) is 20.8 Å². The Morgan fingerprint density at radius 2 is 1.60 bits per heavy atom. The van der Waals surface area contributed by atoms with Crippen LogP contribution < -0.4 is 5.32 Å². The summed E-state index contributed by atoms with van der Waals surface area (Å²) in [6, 6.07) is 10.5. The van der Waals surface area contributed by atoms with E-state index in [1.807, 2.05) is 6.07 Å². The van der Waals surface area contributed by atoms with Crippen LogP contribution in [0.4, 0.5) is 0 Å². The standard InChI is InChI=1S/C46H69NO5/c1-29(2)38-34(49)27-46(37(50)28-47-24-19-30-13-11-10-12-14-30)23-22-44(8)33(39(38)46)15-16-36-43(7)20-17-31(25-32(48)26-41(3,4)40(51)52)42(5,6)35(43)18-21-45(36,44)9/h10-14,29,31,33,35-37,47,50H,15-28H2,1-9H3,(H,51,52)/t31-,33?,35?,36+,37?,43+,44-,45?,46+/m1/s1. The number of fused-ring (bicyclic) bond motifs is 7. The molecule has 4 saturated carbocycles. The average molecular weight is 716 g/mol. The van der Waals surface area contributed by atoms with Gasteiger partial charge in [0.15, 0.2) is 5.78 Å². The van der Waals surface area contributed by atoms with Gasteiger partial charge in [0.25, 0.3) is 0 Å². The molecule has 6 heteroatoms. The van der Waals surface area contributed by atoms with E-state index in [1.165, 1.54) is 11.1 Å². The zero-order valence-corrected chi connectivity index (χ0v) is 33.9. The molecule has 1 aromatic carbocycles. The molecule has 0 saturated heterocycles. The van der Waals surface area contributed by atoms with Crippen LogP contribution in [0.2, 0.25) is 0 Å². The molecule has 1 aromatic rings. The Kier molecular flexibility index (Phi) is 10.4. The molecule has 6 nitrogen and oxygen atoms in total. The molecule has 6 rings (SSSR count). The Morgan fingerprint density at radius 3 is 2.25 bits per heavy atom. The molecule has 5 aliphatic carbocycles. The number of carbonyl (C=O) groups excluding carboxylic acids is 2. The molecule has 0 amide bonds. The van der Waals surface area contributed by atoms with Crippen molar-refractivity contribution in [2.24, 2.45) is 62.1 Å². The minimum atomic E-state index is -1.04. The minimum absolute atomic E-state index is 0.0142. The Labute approximate surface area is 314 Å². The van der Waals surface area contributed by atoms with Crippen molar-refractivity contribution in [3.8, 4) is 0 Å². The van der Waals surface area contributed by atoms with Crippen molar-refractivity contribution < 1.29 is 24.6 Å². The maximum atomic E-state index is 14.0. The number of nitrogens with one attached hydrogen (secondary N) is 1. The molecule has 3 N–H and O–H groups in total. The van der Waals surface area contributed by atoms with E-state index in [1.54, 1.807) is 13.8 Å². The van der Waals surface area contributed by atoms with E-state index >= 15 is 0 Å². The quantitative estimate of drug-likeness (QED) is 0.187. The van der Waals surface area contributed by atoms with Gasteiger partial charge in [-0.3, -0.25) is 14.4 Å². The van der Waals surface area contributed by atoms with Gasteiger partial charge < -0.3 is 15.5 Å². The molecule has 0 aromatic heterocycles. The molecule has 0 aliphatic heterocycles. The average Bonchev–Trinajstić information content (AvgIpc) is 3.38. The van der Waals surface area contributed by atoms with Crippen molar-refractivity contribution in [3.63, 3.8) is 0 Å². The molecule has 0 spiro atoms. The van der Waals surface area contributed by atoms with E-state index in [9.17, 15) is 24.6 Å². The second-order valence-electron chi connectivity index (χ2n) is 20.5. The predicted molar refractivity (Wildman–Crippen MR) is 208 cm³/mol. The Morgan fingerprint density at radius 1 is 0.904 bits per heavy atom. The zero-order valence-electron chi connectivity index (χ0n) is 33.9. The molecule has 4 unspecified atom stereocenters. The first kappa shape index (κ1) is 39.4. The molecule has 288 valence electrons. The summed E-state index contributed by atoms with van der Waals surface area (Å²) in [5.74, 6) is 1.20. The molecule has 0 radical (unpaired) electrons. The van der Waals surface area contributed by atoms with Crippen molar-refractivity contribution in [1.29, 1.82) is 0 Å². The van der Waals surface area contributed by atoms with Crippen molar-refractivity contribution in [3.05, 3.63) is 47.0 Å². The molecule has 52 heavy (non-hydrogen) atoms. The number of carbonyl (C=O) groups is 3. The summed E-state index contributed by atoms with van der Waals surface area (Å²) in [5.41, 5.74) is 2.41. The van der Waals surface area contributed by atoms with Gasteiger partial charge in [0, 0.05) is 31.2 Å². The van der Waals surface area contributed by atoms with Crippen molar-refractivity contribution in [1.82, 2.24) is 5.32 Å². The van der Waals surface area contributed by atoms with Crippen LogP contribution in [-0.4, -0.2) is 46.9 Å². The summed E-state index contributed by atoms with van der Waals surface area (Å²) in [4.78, 5) is 39.1. The molecule has 4 fully saturated rings. The lowest BCUT2D eigenvalue weighted by atomic mass is 9.32. The summed E-state index contributed by atoms with van der Waals surface area (Å²) in [6.45, 7) is 21.5. The van der Waals surface area contributed by atoms with Gasteiger partial charge in [-0.05, 0) is 141 Å². The van der Waals surface area contributed by atoms with Crippen LogP contribution in [0, 0.1) is 62.1 Å². The molecular weight excluding hydrogens is 647 g/mol. The fraction of sp³-hybridized carbons (Fsp3) is 0.761. The SMILES string of the molecule is CC(C)C1=C2C3CC[C@@H]4C(C)(CCC5C(C)(C)[C@@H](CC(=O)CC(C)(C)C(=O)O)CC[C@@]54C)[C@]3(C)CC[C@@]2(C(O)CNCCc2ccccc2)CC1=O. The van der Waals surface area contributed by atoms with E-state index in [-0.39, 0.29) is 51.5 Å². The van der Waals surface area contributed by atoms with Crippen LogP contribution in [0.1, 0.15) is 139 Å². The van der Waals surface area contributed by atoms with Gasteiger partial charge in [-0.25, -0.2) is 0 Å². The number of allylic oxidation sites excluding steroid dienone is 1. The zero-order chi connectivity index (χ0) is 38.1. The summed E-state index contributed by atoms with van der Waals surface area (Å²) in [7, 11) is 0. The number of hydrogen-bond donors (Lipinski definition) is 3. The largest absolute Gasteiger partial charge is 0.481 e. The third kappa shape index (κ3) is 6.18. The maximum Gasteiger partial charge on any atom is 0.309 e. The van der Waals surface area contributed by atoms with Crippen molar-refractivity contribution >= 4 is 17.5 Å². The Balaban J connectivity index is 1.24. The fourth-order valence-electron chi connectivity index (χ4n) is 13.8. The Hall–Kier alpha value is -2.31. The van der Waals surface area contributed by atoms with Gasteiger partial charge in [-0.2, -0.15) is 0 Å².